The Morgan fingerprint density at radius 2 is 2.16 bits per heavy atom. The molecule has 1 N–H and O–H groups in total. The first-order valence-electron chi connectivity index (χ1n) is 7.12. The van der Waals surface area contributed by atoms with Gasteiger partial charge in [-0.05, 0) is 48.2 Å². The average molecular weight is 252 g/mol. The van der Waals surface area contributed by atoms with E-state index >= 15 is 0 Å². The van der Waals surface area contributed by atoms with E-state index in [4.69, 9.17) is 0 Å². The Hall–Kier alpha value is -1.67. The van der Waals surface area contributed by atoms with Crippen LogP contribution in [-0.2, 0) is 12.8 Å². The van der Waals surface area contributed by atoms with Crippen LogP contribution in [0.2, 0.25) is 0 Å². The minimum absolute atomic E-state index is 0.545. The largest absolute Gasteiger partial charge is 0.310 e. The minimum Gasteiger partial charge on any atom is -0.310 e. The highest BCUT2D eigenvalue weighted by molar-refractivity contribution is 5.42. The lowest BCUT2D eigenvalue weighted by Crippen LogP contribution is -2.18. The number of hydrogen-bond donors (Lipinski definition) is 1. The molecule has 2 nitrogen and oxygen atoms in total. The van der Waals surface area contributed by atoms with Crippen molar-refractivity contribution in [1.82, 2.24) is 10.3 Å². The SMILES string of the molecule is CCNC1CCc2c(Cc3ccccn3)cccc21. The first-order chi connectivity index (χ1) is 9.38. The molecule has 1 aliphatic rings. The lowest BCUT2D eigenvalue weighted by atomic mass is 9.98. The summed E-state index contributed by atoms with van der Waals surface area (Å²) in [6, 6.07) is 13.4. The highest BCUT2D eigenvalue weighted by Gasteiger charge is 2.23. The third-order valence-electron chi connectivity index (χ3n) is 3.92. The summed E-state index contributed by atoms with van der Waals surface area (Å²) in [7, 11) is 0. The zero-order chi connectivity index (χ0) is 13.1. The number of hydrogen-bond acceptors (Lipinski definition) is 2. The molecule has 0 amide bonds. The molecule has 0 saturated carbocycles. The highest BCUT2D eigenvalue weighted by atomic mass is 14.9. The fourth-order valence-electron chi connectivity index (χ4n) is 3.05. The molecule has 0 saturated heterocycles. The van der Waals surface area contributed by atoms with Gasteiger partial charge in [0.15, 0.2) is 0 Å². The summed E-state index contributed by atoms with van der Waals surface area (Å²) < 4.78 is 0. The van der Waals surface area contributed by atoms with Crippen molar-refractivity contribution in [1.29, 1.82) is 0 Å². The standard InChI is InChI=1S/C17H20N2/c1-2-18-17-10-9-15-13(6-5-8-16(15)17)12-14-7-3-4-11-19-14/h3-8,11,17-18H,2,9-10,12H2,1H3. The predicted octanol–water partition coefficient (Wildman–Crippen LogP) is 3.27. The number of pyridine rings is 1. The van der Waals surface area contributed by atoms with Gasteiger partial charge in [0.25, 0.3) is 0 Å². The third kappa shape index (κ3) is 2.54. The van der Waals surface area contributed by atoms with E-state index in [1.165, 1.54) is 24.0 Å². The molecule has 2 heteroatoms. The Bertz CT molecular complexity index is 548. The van der Waals surface area contributed by atoms with Gasteiger partial charge in [0.05, 0.1) is 0 Å². The number of nitrogens with one attached hydrogen (secondary N) is 1. The van der Waals surface area contributed by atoms with Gasteiger partial charge in [-0.25, -0.2) is 0 Å². The quantitative estimate of drug-likeness (QED) is 0.903. The van der Waals surface area contributed by atoms with Crippen LogP contribution in [-0.4, -0.2) is 11.5 Å². The van der Waals surface area contributed by atoms with E-state index in [9.17, 15) is 0 Å². The van der Waals surface area contributed by atoms with E-state index in [1.54, 1.807) is 5.56 Å². The molecule has 1 heterocycles. The van der Waals surface area contributed by atoms with E-state index in [2.05, 4.69) is 47.6 Å². The number of aromatic nitrogens is 1. The molecule has 1 unspecified atom stereocenters. The maximum Gasteiger partial charge on any atom is 0.0447 e. The number of rotatable bonds is 4. The van der Waals surface area contributed by atoms with Crippen molar-refractivity contribution in [2.24, 2.45) is 0 Å². The van der Waals surface area contributed by atoms with Crippen LogP contribution in [0.15, 0.2) is 42.6 Å². The van der Waals surface area contributed by atoms with Crippen molar-refractivity contribution in [3.63, 3.8) is 0 Å². The van der Waals surface area contributed by atoms with Gasteiger partial charge in [-0.3, -0.25) is 4.98 Å². The van der Waals surface area contributed by atoms with Crippen molar-refractivity contribution in [2.75, 3.05) is 6.54 Å². The van der Waals surface area contributed by atoms with Gasteiger partial charge in [0, 0.05) is 24.4 Å². The van der Waals surface area contributed by atoms with Crippen LogP contribution in [0.5, 0.6) is 0 Å². The van der Waals surface area contributed by atoms with Crippen molar-refractivity contribution < 1.29 is 0 Å². The first-order valence-corrected chi connectivity index (χ1v) is 7.12. The maximum absolute atomic E-state index is 4.44. The normalized spacial score (nSPS) is 17.4. The van der Waals surface area contributed by atoms with E-state index in [1.807, 2.05) is 12.3 Å². The van der Waals surface area contributed by atoms with Crippen molar-refractivity contribution in [3.05, 3.63) is 65.0 Å². The summed E-state index contributed by atoms with van der Waals surface area (Å²) in [6.07, 6.45) is 5.24. The molecule has 2 aromatic rings. The smallest absolute Gasteiger partial charge is 0.0447 e. The molecule has 0 bridgehead atoms. The van der Waals surface area contributed by atoms with Crippen LogP contribution >= 0.6 is 0 Å². The number of fused-ring (bicyclic) bond motifs is 1. The van der Waals surface area contributed by atoms with E-state index < -0.39 is 0 Å². The van der Waals surface area contributed by atoms with E-state index in [-0.39, 0.29) is 0 Å². The molecule has 0 aliphatic heterocycles. The van der Waals surface area contributed by atoms with Crippen molar-refractivity contribution >= 4 is 0 Å². The maximum atomic E-state index is 4.44. The summed E-state index contributed by atoms with van der Waals surface area (Å²) in [5.41, 5.74) is 5.63. The molecule has 98 valence electrons. The second-order valence-electron chi connectivity index (χ2n) is 5.13. The molecule has 1 atom stereocenters. The lowest BCUT2D eigenvalue weighted by Gasteiger charge is -2.13. The Kier molecular flexibility index (Phi) is 3.60. The van der Waals surface area contributed by atoms with Gasteiger partial charge >= 0.3 is 0 Å². The fourth-order valence-corrected chi connectivity index (χ4v) is 3.05. The van der Waals surface area contributed by atoms with Crippen LogP contribution < -0.4 is 5.32 Å². The van der Waals surface area contributed by atoms with Gasteiger partial charge in [-0.15, -0.1) is 0 Å². The Morgan fingerprint density at radius 3 is 2.95 bits per heavy atom. The second kappa shape index (κ2) is 5.54. The first kappa shape index (κ1) is 12.4. The molecular weight excluding hydrogens is 232 g/mol. The summed E-state index contributed by atoms with van der Waals surface area (Å²) in [5.74, 6) is 0. The Labute approximate surface area is 114 Å². The van der Waals surface area contributed by atoms with Crippen LogP contribution in [0.3, 0.4) is 0 Å². The zero-order valence-corrected chi connectivity index (χ0v) is 11.4. The van der Waals surface area contributed by atoms with Gasteiger partial charge in [-0.1, -0.05) is 31.2 Å². The van der Waals surface area contributed by atoms with Crippen LogP contribution in [0.4, 0.5) is 0 Å². The van der Waals surface area contributed by atoms with E-state index in [0.29, 0.717) is 6.04 Å². The van der Waals surface area contributed by atoms with Crippen LogP contribution in [0, 0.1) is 0 Å². The van der Waals surface area contributed by atoms with Crippen molar-refractivity contribution in [2.45, 2.75) is 32.2 Å². The third-order valence-corrected chi connectivity index (χ3v) is 3.92. The molecular formula is C17H20N2. The van der Waals surface area contributed by atoms with Crippen LogP contribution in [0.1, 0.15) is 41.8 Å². The lowest BCUT2D eigenvalue weighted by molar-refractivity contribution is 0.549. The van der Waals surface area contributed by atoms with Crippen molar-refractivity contribution in [3.8, 4) is 0 Å². The van der Waals surface area contributed by atoms with Gasteiger partial charge in [0.1, 0.15) is 0 Å². The summed E-state index contributed by atoms with van der Waals surface area (Å²) in [4.78, 5) is 4.44. The summed E-state index contributed by atoms with van der Waals surface area (Å²) in [6.45, 7) is 3.21. The molecule has 0 fully saturated rings. The molecule has 0 radical (unpaired) electrons. The highest BCUT2D eigenvalue weighted by Crippen LogP contribution is 2.33. The zero-order valence-electron chi connectivity index (χ0n) is 11.4. The molecule has 0 spiro atoms. The summed E-state index contributed by atoms with van der Waals surface area (Å²) in [5, 5.41) is 3.58. The summed E-state index contributed by atoms with van der Waals surface area (Å²) >= 11 is 0. The fraction of sp³-hybridized carbons (Fsp3) is 0.353. The minimum atomic E-state index is 0.545. The second-order valence-corrected chi connectivity index (χ2v) is 5.13. The monoisotopic (exact) mass is 252 g/mol. The molecule has 1 aromatic carbocycles. The average Bonchev–Trinajstić information content (AvgIpc) is 2.85. The van der Waals surface area contributed by atoms with Gasteiger partial charge in [0.2, 0.25) is 0 Å². The Morgan fingerprint density at radius 1 is 1.21 bits per heavy atom. The predicted molar refractivity (Wildman–Crippen MR) is 78.2 cm³/mol. The molecule has 3 rings (SSSR count). The number of nitrogens with zero attached hydrogens (tertiary/aromatic N) is 1. The van der Waals surface area contributed by atoms with Crippen LogP contribution in [0.25, 0.3) is 0 Å². The molecule has 19 heavy (non-hydrogen) atoms. The number of benzene rings is 1. The molecule has 1 aromatic heterocycles. The molecule has 1 aliphatic carbocycles. The van der Waals surface area contributed by atoms with Gasteiger partial charge in [-0.2, -0.15) is 0 Å². The van der Waals surface area contributed by atoms with E-state index in [0.717, 1.165) is 18.7 Å². The van der Waals surface area contributed by atoms with Gasteiger partial charge < -0.3 is 5.32 Å². The topological polar surface area (TPSA) is 24.9 Å². The Balaban J connectivity index is 1.88.